The number of hydrogen-bond donors (Lipinski definition) is 0. The van der Waals surface area contributed by atoms with Gasteiger partial charge in [0.2, 0.25) is 11.0 Å². The third-order valence-electron chi connectivity index (χ3n) is 2.81. The standard InChI is InChI=1S/C10H13ClF3N3OS/c11-3-6-18-7-1-4-17(5-2-7)9-15-8(16-19-9)10(12,13)14/h7H,1-6H2. The van der Waals surface area contributed by atoms with Gasteiger partial charge in [0.15, 0.2) is 0 Å². The monoisotopic (exact) mass is 315 g/mol. The predicted octanol–water partition coefficient (Wildman–Crippen LogP) is 2.78. The summed E-state index contributed by atoms with van der Waals surface area (Å²) in [5.74, 6) is -0.612. The summed E-state index contributed by atoms with van der Waals surface area (Å²) >= 11 is 6.32. The molecule has 0 atom stereocenters. The fraction of sp³-hybridized carbons (Fsp3) is 0.800. The third kappa shape index (κ3) is 3.93. The van der Waals surface area contributed by atoms with Crippen molar-refractivity contribution >= 4 is 28.3 Å². The second-order valence-electron chi connectivity index (χ2n) is 4.14. The molecule has 2 heterocycles. The SMILES string of the molecule is FC(F)(F)c1nsc(N2CCC(OCCCl)CC2)n1. The van der Waals surface area contributed by atoms with Crippen LogP contribution in [0, 0.1) is 0 Å². The van der Waals surface area contributed by atoms with E-state index in [1.165, 1.54) is 0 Å². The molecule has 0 saturated carbocycles. The smallest absolute Gasteiger partial charge is 0.377 e. The Hall–Kier alpha value is -0.600. The zero-order valence-corrected chi connectivity index (χ0v) is 11.6. The van der Waals surface area contributed by atoms with E-state index in [0.29, 0.717) is 30.7 Å². The quantitative estimate of drug-likeness (QED) is 0.801. The van der Waals surface area contributed by atoms with Crippen molar-refractivity contribution in [2.45, 2.75) is 25.1 Å². The first-order valence-electron chi connectivity index (χ1n) is 5.84. The minimum Gasteiger partial charge on any atom is -0.377 e. The van der Waals surface area contributed by atoms with E-state index in [2.05, 4.69) is 9.36 Å². The Balaban J connectivity index is 1.89. The van der Waals surface area contributed by atoms with Gasteiger partial charge in [-0.2, -0.15) is 22.5 Å². The van der Waals surface area contributed by atoms with Crippen LogP contribution >= 0.6 is 23.1 Å². The maximum absolute atomic E-state index is 12.4. The van der Waals surface area contributed by atoms with Crippen LogP contribution in [0.1, 0.15) is 18.7 Å². The Kier molecular flexibility index (Phi) is 4.86. The highest BCUT2D eigenvalue weighted by molar-refractivity contribution is 7.09. The van der Waals surface area contributed by atoms with Crippen LogP contribution in [0.15, 0.2) is 0 Å². The lowest BCUT2D eigenvalue weighted by molar-refractivity contribution is -0.144. The highest BCUT2D eigenvalue weighted by atomic mass is 35.5. The number of ether oxygens (including phenoxy) is 1. The first-order chi connectivity index (χ1) is 9.00. The van der Waals surface area contributed by atoms with Crippen LogP contribution in [0.2, 0.25) is 0 Å². The van der Waals surface area contributed by atoms with Crippen molar-refractivity contribution in [1.29, 1.82) is 0 Å². The van der Waals surface area contributed by atoms with E-state index < -0.39 is 12.0 Å². The highest BCUT2D eigenvalue weighted by Crippen LogP contribution is 2.31. The molecule has 1 aliphatic rings. The summed E-state index contributed by atoms with van der Waals surface area (Å²) in [5, 5.41) is 0.322. The molecule has 0 aromatic carbocycles. The number of piperidine rings is 1. The van der Waals surface area contributed by atoms with Crippen LogP contribution in [0.4, 0.5) is 18.3 Å². The van der Waals surface area contributed by atoms with Gasteiger partial charge in [0, 0.05) is 30.5 Å². The second-order valence-corrected chi connectivity index (χ2v) is 5.25. The second kappa shape index (κ2) is 6.23. The molecule has 0 bridgehead atoms. The van der Waals surface area contributed by atoms with Crippen LogP contribution in [-0.4, -0.2) is 41.0 Å². The van der Waals surface area contributed by atoms with E-state index in [4.69, 9.17) is 16.3 Å². The van der Waals surface area contributed by atoms with Crippen molar-refractivity contribution in [3.05, 3.63) is 5.82 Å². The first kappa shape index (κ1) is 14.8. The minimum absolute atomic E-state index is 0.130. The molecule has 1 aromatic heterocycles. The maximum Gasteiger partial charge on any atom is 0.452 e. The molecule has 1 fully saturated rings. The summed E-state index contributed by atoms with van der Waals surface area (Å²) < 4.78 is 46.1. The van der Waals surface area contributed by atoms with Crippen molar-refractivity contribution in [2.75, 3.05) is 30.5 Å². The molecule has 1 saturated heterocycles. The predicted molar refractivity (Wildman–Crippen MR) is 66.8 cm³/mol. The van der Waals surface area contributed by atoms with Crippen LogP contribution in [0.25, 0.3) is 0 Å². The van der Waals surface area contributed by atoms with Crippen molar-refractivity contribution in [2.24, 2.45) is 0 Å². The van der Waals surface area contributed by atoms with E-state index >= 15 is 0 Å². The molecule has 108 valence electrons. The molecule has 2 rings (SSSR count). The topological polar surface area (TPSA) is 38.2 Å². The van der Waals surface area contributed by atoms with E-state index in [1.807, 2.05) is 4.90 Å². The summed E-state index contributed by atoms with van der Waals surface area (Å²) in [5.41, 5.74) is 0. The van der Waals surface area contributed by atoms with Crippen molar-refractivity contribution in [3.8, 4) is 0 Å². The summed E-state index contributed by atoms with van der Waals surface area (Å²) in [6, 6.07) is 0. The average Bonchev–Trinajstić information content (AvgIpc) is 2.86. The number of halogens is 4. The lowest BCUT2D eigenvalue weighted by Gasteiger charge is -2.31. The van der Waals surface area contributed by atoms with Gasteiger partial charge in [-0.1, -0.05) is 0 Å². The Bertz CT molecular complexity index is 407. The summed E-state index contributed by atoms with van der Waals surface area (Å²) in [7, 11) is 0. The van der Waals surface area contributed by atoms with Gasteiger partial charge >= 0.3 is 6.18 Å². The lowest BCUT2D eigenvalue weighted by atomic mass is 10.1. The third-order valence-corrected chi connectivity index (χ3v) is 3.74. The van der Waals surface area contributed by atoms with Crippen LogP contribution < -0.4 is 4.90 Å². The van der Waals surface area contributed by atoms with E-state index in [0.717, 1.165) is 24.4 Å². The van der Waals surface area contributed by atoms with Gasteiger partial charge in [-0.25, -0.2) is 0 Å². The molecule has 4 nitrogen and oxygen atoms in total. The van der Waals surface area contributed by atoms with Gasteiger partial charge in [0.1, 0.15) is 0 Å². The zero-order chi connectivity index (χ0) is 13.9. The molecule has 0 radical (unpaired) electrons. The van der Waals surface area contributed by atoms with E-state index in [9.17, 15) is 13.2 Å². The lowest BCUT2D eigenvalue weighted by Crippen LogP contribution is -2.37. The molecule has 9 heteroatoms. The molecule has 0 aliphatic carbocycles. The average molecular weight is 316 g/mol. The molecule has 0 amide bonds. The number of alkyl halides is 4. The number of rotatable bonds is 4. The van der Waals surface area contributed by atoms with Crippen molar-refractivity contribution in [1.82, 2.24) is 9.36 Å². The fourth-order valence-electron chi connectivity index (χ4n) is 1.88. The fourth-order valence-corrected chi connectivity index (χ4v) is 2.71. The Morgan fingerprint density at radius 2 is 2.05 bits per heavy atom. The first-order valence-corrected chi connectivity index (χ1v) is 7.15. The Labute approximate surface area is 117 Å². The van der Waals surface area contributed by atoms with Gasteiger partial charge in [-0.05, 0) is 12.8 Å². The molecular weight excluding hydrogens is 303 g/mol. The van der Waals surface area contributed by atoms with E-state index in [-0.39, 0.29) is 6.10 Å². The molecular formula is C10H13ClF3N3OS. The molecule has 1 aromatic rings. The Morgan fingerprint density at radius 3 is 2.58 bits per heavy atom. The normalized spacial score (nSPS) is 18.0. The summed E-state index contributed by atoms with van der Waals surface area (Å²) in [6.07, 6.45) is -2.82. The number of anilines is 1. The minimum atomic E-state index is -4.48. The number of nitrogens with zero attached hydrogens (tertiary/aromatic N) is 3. The molecule has 1 aliphatic heterocycles. The largest absolute Gasteiger partial charge is 0.452 e. The van der Waals surface area contributed by atoms with Crippen LogP contribution in [0.3, 0.4) is 0 Å². The van der Waals surface area contributed by atoms with Gasteiger partial charge in [0.05, 0.1) is 12.7 Å². The van der Waals surface area contributed by atoms with Gasteiger partial charge in [0.25, 0.3) is 0 Å². The number of hydrogen-bond acceptors (Lipinski definition) is 5. The maximum atomic E-state index is 12.4. The molecule has 0 unspecified atom stereocenters. The van der Waals surface area contributed by atoms with Crippen LogP contribution in [-0.2, 0) is 10.9 Å². The molecule has 19 heavy (non-hydrogen) atoms. The van der Waals surface area contributed by atoms with Gasteiger partial charge in [-0.15, -0.1) is 11.6 Å². The Morgan fingerprint density at radius 1 is 1.37 bits per heavy atom. The van der Waals surface area contributed by atoms with Gasteiger partial charge in [-0.3, -0.25) is 0 Å². The van der Waals surface area contributed by atoms with E-state index in [1.54, 1.807) is 0 Å². The zero-order valence-electron chi connectivity index (χ0n) is 9.99. The summed E-state index contributed by atoms with van der Waals surface area (Å²) in [4.78, 5) is 5.35. The molecule has 0 spiro atoms. The highest BCUT2D eigenvalue weighted by Gasteiger charge is 2.37. The van der Waals surface area contributed by atoms with Crippen LogP contribution in [0.5, 0.6) is 0 Å². The van der Waals surface area contributed by atoms with Gasteiger partial charge < -0.3 is 9.64 Å². The van der Waals surface area contributed by atoms with Crippen molar-refractivity contribution in [3.63, 3.8) is 0 Å². The summed E-state index contributed by atoms with van der Waals surface area (Å²) in [6.45, 7) is 1.75. The number of aromatic nitrogens is 2. The molecule has 0 N–H and O–H groups in total. The van der Waals surface area contributed by atoms with Crippen molar-refractivity contribution < 1.29 is 17.9 Å².